The molecular weight excluding hydrogens is 230 g/mol. The molecule has 2 rings (SSSR count). The van der Waals surface area contributed by atoms with Gasteiger partial charge in [-0.1, -0.05) is 19.1 Å². The van der Waals surface area contributed by atoms with Crippen LogP contribution in [0.15, 0.2) is 41.3 Å². The van der Waals surface area contributed by atoms with Crippen LogP contribution < -0.4 is 10.6 Å². The number of carbonyl (C=O) groups is 1. The lowest BCUT2D eigenvalue weighted by atomic mass is 10.1. The third-order valence-electron chi connectivity index (χ3n) is 2.53. The number of nitrogens with one attached hydrogen (secondary N) is 2. The van der Waals surface area contributed by atoms with Gasteiger partial charge in [0.1, 0.15) is 5.76 Å². The maximum Gasteiger partial charge on any atom is 0.319 e. The monoisotopic (exact) mass is 245 g/mol. The summed E-state index contributed by atoms with van der Waals surface area (Å²) >= 11 is 0. The summed E-state index contributed by atoms with van der Waals surface area (Å²) in [6.45, 7) is 2.41. The van der Waals surface area contributed by atoms with E-state index in [0.717, 1.165) is 12.1 Å². The standard InChI is InChI=1S/C13H15N3O2/c1-2-10-3-5-11(6-4-10)16-13(17)15-8-12-7-14-9-18-12/h3-7,9H,2,8H2,1H3,(H2,15,16,17). The average Bonchev–Trinajstić information content (AvgIpc) is 2.90. The minimum atomic E-state index is -0.268. The second-order valence-electron chi connectivity index (χ2n) is 3.83. The van der Waals surface area contributed by atoms with E-state index in [2.05, 4.69) is 22.5 Å². The Balaban J connectivity index is 1.83. The Kier molecular flexibility index (Phi) is 3.96. The molecule has 2 amide bonds. The number of anilines is 1. The molecule has 0 bridgehead atoms. The number of amides is 2. The normalized spacial score (nSPS) is 10.1. The van der Waals surface area contributed by atoms with Gasteiger partial charge in [-0.05, 0) is 24.1 Å². The van der Waals surface area contributed by atoms with Gasteiger partial charge in [0.05, 0.1) is 12.7 Å². The molecule has 1 heterocycles. The van der Waals surface area contributed by atoms with Gasteiger partial charge in [0.2, 0.25) is 0 Å². The summed E-state index contributed by atoms with van der Waals surface area (Å²) in [6.07, 6.45) is 3.88. The summed E-state index contributed by atoms with van der Waals surface area (Å²) in [5.41, 5.74) is 2.00. The van der Waals surface area contributed by atoms with E-state index in [1.165, 1.54) is 12.0 Å². The van der Waals surface area contributed by atoms with Crippen LogP contribution in [-0.4, -0.2) is 11.0 Å². The van der Waals surface area contributed by atoms with E-state index in [9.17, 15) is 4.79 Å². The van der Waals surface area contributed by atoms with E-state index in [-0.39, 0.29) is 6.03 Å². The molecular formula is C13H15N3O2. The zero-order valence-electron chi connectivity index (χ0n) is 10.1. The first-order valence-electron chi connectivity index (χ1n) is 5.79. The van der Waals surface area contributed by atoms with Gasteiger partial charge in [0.15, 0.2) is 6.39 Å². The first kappa shape index (κ1) is 12.2. The third-order valence-corrected chi connectivity index (χ3v) is 2.53. The van der Waals surface area contributed by atoms with Crippen molar-refractivity contribution >= 4 is 11.7 Å². The third kappa shape index (κ3) is 3.35. The molecule has 0 aliphatic carbocycles. The summed E-state index contributed by atoms with van der Waals surface area (Å²) in [7, 11) is 0. The maximum atomic E-state index is 11.6. The number of rotatable bonds is 4. The summed E-state index contributed by atoms with van der Waals surface area (Å²) in [4.78, 5) is 15.3. The molecule has 18 heavy (non-hydrogen) atoms. The Hall–Kier alpha value is -2.30. The highest BCUT2D eigenvalue weighted by molar-refractivity contribution is 5.89. The lowest BCUT2D eigenvalue weighted by Crippen LogP contribution is -2.27. The SMILES string of the molecule is CCc1ccc(NC(=O)NCc2cnco2)cc1. The van der Waals surface area contributed by atoms with Crippen molar-refractivity contribution in [2.24, 2.45) is 0 Å². The highest BCUT2D eigenvalue weighted by atomic mass is 16.3. The predicted molar refractivity (Wildman–Crippen MR) is 68.2 cm³/mol. The van der Waals surface area contributed by atoms with E-state index < -0.39 is 0 Å². The van der Waals surface area contributed by atoms with Crippen molar-refractivity contribution in [2.75, 3.05) is 5.32 Å². The van der Waals surface area contributed by atoms with Crippen LogP contribution in [0.4, 0.5) is 10.5 Å². The number of benzene rings is 1. The van der Waals surface area contributed by atoms with Crippen LogP contribution >= 0.6 is 0 Å². The Morgan fingerprint density at radius 2 is 2.11 bits per heavy atom. The first-order chi connectivity index (χ1) is 8.78. The number of aryl methyl sites for hydroxylation is 1. The van der Waals surface area contributed by atoms with E-state index in [1.54, 1.807) is 6.20 Å². The van der Waals surface area contributed by atoms with Gasteiger partial charge in [0, 0.05) is 5.69 Å². The number of aromatic nitrogens is 1. The molecule has 0 unspecified atom stereocenters. The molecule has 0 radical (unpaired) electrons. The molecule has 1 aromatic carbocycles. The van der Waals surface area contributed by atoms with E-state index in [4.69, 9.17) is 4.42 Å². The van der Waals surface area contributed by atoms with Crippen molar-refractivity contribution < 1.29 is 9.21 Å². The van der Waals surface area contributed by atoms with Gasteiger partial charge in [0.25, 0.3) is 0 Å². The Labute approximate surface area is 105 Å². The smallest absolute Gasteiger partial charge is 0.319 e. The van der Waals surface area contributed by atoms with Crippen LogP contribution in [0.1, 0.15) is 18.2 Å². The van der Waals surface area contributed by atoms with Crippen LogP contribution in [0, 0.1) is 0 Å². The van der Waals surface area contributed by atoms with Crippen molar-refractivity contribution in [1.82, 2.24) is 10.3 Å². The van der Waals surface area contributed by atoms with E-state index >= 15 is 0 Å². The van der Waals surface area contributed by atoms with Gasteiger partial charge < -0.3 is 15.1 Å². The molecule has 0 saturated heterocycles. The molecule has 0 aliphatic heterocycles. The summed E-state index contributed by atoms with van der Waals surface area (Å²) < 4.78 is 5.01. The second-order valence-corrected chi connectivity index (χ2v) is 3.83. The van der Waals surface area contributed by atoms with Crippen LogP contribution in [0.5, 0.6) is 0 Å². The molecule has 5 nitrogen and oxygen atoms in total. The van der Waals surface area contributed by atoms with Crippen molar-refractivity contribution in [3.63, 3.8) is 0 Å². The van der Waals surface area contributed by atoms with Gasteiger partial charge in [-0.3, -0.25) is 0 Å². The van der Waals surface area contributed by atoms with Crippen molar-refractivity contribution in [3.8, 4) is 0 Å². The number of urea groups is 1. The summed E-state index contributed by atoms with van der Waals surface area (Å²) in [5.74, 6) is 0.617. The van der Waals surface area contributed by atoms with Crippen LogP contribution in [0.2, 0.25) is 0 Å². The number of hydrogen-bond donors (Lipinski definition) is 2. The molecule has 94 valence electrons. The van der Waals surface area contributed by atoms with Gasteiger partial charge in [-0.2, -0.15) is 0 Å². The fourth-order valence-corrected chi connectivity index (χ4v) is 1.50. The molecule has 2 aromatic rings. The molecule has 2 N–H and O–H groups in total. The zero-order chi connectivity index (χ0) is 12.8. The molecule has 1 aromatic heterocycles. The van der Waals surface area contributed by atoms with Crippen molar-refractivity contribution in [1.29, 1.82) is 0 Å². The second kappa shape index (κ2) is 5.86. The molecule has 5 heteroatoms. The fraction of sp³-hybridized carbons (Fsp3) is 0.231. The highest BCUT2D eigenvalue weighted by Gasteiger charge is 2.03. The molecule has 0 spiro atoms. The maximum absolute atomic E-state index is 11.6. The minimum absolute atomic E-state index is 0.268. The zero-order valence-corrected chi connectivity index (χ0v) is 10.1. The number of hydrogen-bond acceptors (Lipinski definition) is 3. The number of carbonyl (C=O) groups excluding carboxylic acids is 1. The molecule has 0 atom stereocenters. The minimum Gasteiger partial charge on any atom is -0.447 e. The van der Waals surface area contributed by atoms with Crippen LogP contribution in [0.3, 0.4) is 0 Å². The molecule has 0 aliphatic rings. The molecule has 0 saturated carbocycles. The van der Waals surface area contributed by atoms with E-state index in [0.29, 0.717) is 12.3 Å². The lowest BCUT2D eigenvalue weighted by molar-refractivity contribution is 0.251. The van der Waals surface area contributed by atoms with Gasteiger partial charge in [-0.15, -0.1) is 0 Å². The van der Waals surface area contributed by atoms with Gasteiger partial charge >= 0.3 is 6.03 Å². The number of oxazole rings is 1. The largest absolute Gasteiger partial charge is 0.447 e. The fourth-order valence-electron chi connectivity index (χ4n) is 1.50. The predicted octanol–water partition coefficient (Wildman–Crippen LogP) is 2.56. The average molecular weight is 245 g/mol. The van der Waals surface area contributed by atoms with Crippen molar-refractivity contribution in [3.05, 3.63) is 48.2 Å². The van der Waals surface area contributed by atoms with E-state index in [1.807, 2.05) is 24.3 Å². The Bertz CT molecular complexity index is 491. The lowest BCUT2D eigenvalue weighted by Gasteiger charge is -2.06. The molecule has 0 fully saturated rings. The van der Waals surface area contributed by atoms with Crippen LogP contribution in [-0.2, 0) is 13.0 Å². The van der Waals surface area contributed by atoms with Crippen LogP contribution in [0.25, 0.3) is 0 Å². The summed E-state index contributed by atoms with van der Waals surface area (Å²) in [5, 5.41) is 5.42. The topological polar surface area (TPSA) is 67.2 Å². The number of nitrogens with zero attached hydrogens (tertiary/aromatic N) is 1. The Morgan fingerprint density at radius 1 is 1.33 bits per heavy atom. The quantitative estimate of drug-likeness (QED) is 0.869. The Morgan fingerprint density at radius 3 is 2.72 bits per heavy atom. The van der Waals surface area contributed by atoms with Gasteiger partial charge in [-0.25, -0.2) is 9.78 Å². The van der Waals surface area contributed by atoms with Crippen molar-refractivity contribution in [2.45, 2.75) is 19.9 Å². The highest BCUT2D eigenvalue weighted by Crippen LogP contribution is 2.09. The summed E-state index contributed by atoms with van der Waals surface area (Å²) in [6, 6.07) is 7.48. The first-order valence-corrected chi connectivity index (χ1v) is 5.79.